The highest BCUT2D eigenvalue weighted by atomic mass is 79.9. The highest BCUT2D eigenvalue weighted by Crippen LogP contribution is 2.32. The first-order chi connectivity index (χ1) is 10.8. The molecular weight excluding hydrogens is 377 g/mol. The Morgan fingerprint density at radius 2 is 1.87 bits per heavy atom. The zero-order valence-electron chi connectivity index (χ0n) is 11.7. The maximum absolute atomic E-state index is 12.8. The van der Waals surface area contributed by atoms with Crippen LogP contribution in [0.2, 0.25) is 0 Å². The Morgan fingerprint density at radius 3 is 2.52 bits per heavy atom. The first kappa shape index (κ1) is 17.3. The second-order valence-corrected chi connectivity index (χ2v) is 5.73. The molecule has 2 aromatic carbocycles. The fraction of sp³-hybridized carbons (Fsp3) is 0.188. The number of para-hydroxylation sites is 1. The Bertz CT molecular complexity index is 714. The van der Waals surface area contributed by atoms with Crippen LogP contribution in [0.3, 0.4) is 0 Å². The van der Waals surface area contributed by atoms with Crippen LogP contribution in [-0.2, 0) is 24.0 Å². The minimum absolute atomic E-state index is 0.0981. The van der Waals surface area contributed by atoms with Gasteiger partial charge in [-0.1, -0.05) is 34.1 Å². The van der Waals surface area contributed by atoms with Gasteiger partial charge in [0.05, 0.1) is 12.0 Å². The van der Waals surface area contributed by atoms with Gasteiger partial charge in [0.1, 0.15) is 12.4 Å². The van der Waals surface area contributed by atoms with Gasteiger partial charge in [0.15, 0.2) is 0 Å². The van der Waals surface area contributed by atoms with E-state index in [0.29, 0.717) is 21.3 Å². The lowest BCUT2D eigenvalue weighted by molar-refractivity contribution is -0.138. The van der Waals surface area contributed by atoms with E-state index in [4.69, 9.17) is 9.84 Å². The van der Waals surface area contributed by atoms with E-state index in [0.717, 1.165) is 12.1 Å². The molecule has 23 heavy (non-hydrogen) atoms. The molecule has 2 rings (SSSR count). The maximum Gasteiger partial charge on any atom is 0.416 e. The third kappa shape index (κ3) is 4.99. The fourth-order valence-electron chi connectivity index (χ4n) is 2.01. The van der Waals surface area contributed by atoms with Gasteiger partial charge in [0, 0.05) is 10.0 Å². The number of carbonyl (C=O) groups is 1. The van der Waals surface area contributed by atoms with E-state index in [2.05, 4.69) is 15.9 Å². The quantitative estimate of drug-likeness (QED) is 0.808. The lowest BCUT2D eigenvalue weighted by Crippen LogP contribution is -2.07. The maximum atomic E-state index is 12.8. The van der Waals surface area contributed by atoms with Crippen LogP contribution in [0.4, 0.5) is 13.2 Å². The molecular formula is C16H12BrF3O3. The van der Waals surface area contributed by atoms with Crippen LogP contribution in [-0.4, -0.2) is 11.1 Å². The molecule has 0 saturated carbocycles. The van der Waals surface area contributed by atoms with E-state index >= 15 is 0 Å². The van der Waals surface area contributed by atoms with E-state index in [1.54, 1.807) is 24.3 Å². The van der Waals surface area contributed by atoms with E-state index in [-0.39, 0.29) is 13.0 Å². The summed E-state index contributed by atoms with van der Waals surface area (Å²) < 4.78 is 44.2. The largest absolute Gasteiger partial charge is 0.489 e. The molecule has 0 radical (unpaired) electrons. The zero-order valence-corrected chi connectivity index (χ0v) is 13.3. The monoisotopic (exact) mass is 388 g/mol. The first-order valence-corrected chi connectivity index (χ1v) is 7.34. The minimum Gasteiger partial charge on any atom is -0.489 e. The van der Waals surface area contributed by atoms with Crippen LogP contribution in [0.15, 0.2) is 46.9 Å². The normalized spacial score (nSPS) is 11.3. The van der Waals surface area contributed by atoms with Gasteiger partial charge in [-0.3, -0.25) is 4.79 Å². The molecule has 0 saturated heterocycles. The molecule has 2 aromatic rings. The van der Waals surface area contributed by atoms with Crippen molar-refractivity contribution in [3.05, 3.63) is 63.6 Å². The molecule has 122 valence electrons. The number of ether oxygens (including phenoxy) is 1. The topological polar surface area (TPSA) is 46.5 Å². The SMILES string of the molecule is O=C(O)Cc1ccccc1OCc1cc(Br)cc(C(F)(F)F)c1. The third-order valence-corrected chi connectivity index (χ3v) is 3.45. The number of hydrogen-bond donors (Lipinski definition) is 1. The Hall–Kier alpha value is -2.02. The predicted octanol–water partition coefficient (Wildman–Crippen LogP) is 4.67. The molecule has 0 aromatic heterocycles. The van der Waals surface area contributed by atoms with Gasteiger partial charge in [-0.15, -0.1) is 0 Å². The van der Waals surface area contributed by atoms with E-state index in [1.807, 2.05) is 0 Å². The number of carboxylic acids is 1. The van der Waals surface area contributed by atoms with Gasteiger partial charge in [-0.25, -0.2) is 0 Å². The summed E-state index contributed by atoms with van der Waals surface area (Å²) in [5.41, 5.74) is 0.0205. The Balaban J connectivity index is 2.19. The molecule has 0 amide bonds. The average Bonchev–Trinajstić information content (AvgIpc) is 2.44. The van der Waals surface area contributed by atoms with Gasteiger partial charge in [-0.05, 0) is 29.8 Å². The molecule has 0 heterocycles. The van der Waals surface area contributed by atoms with Crippen molar-refractivity contribution in [1.29, 1.82) is 0 Å². The average molecular weight is 389 g/mol. The minimum atomic E-state index is -4.44. The van der Waals surface area contributed by atoms with Crippen molar-refractivity contribution in [1.82, 2.24) is 0 Å². The van der Waals surface area contributed by atoms with Crippen molar-refractivity contribution in [3.63, 3.8) is 0 Å². The standard InChI is InChI=1S/C16H12BrF3O3/c17-13-6-10(5-12(8-13)16(18,19)20)9-23-14-4-2-1-3-11(14)7-15(21)22/h1-6,8H,7,9H2,(H,21,22). The summed E-state index contributed by atoms with van der Waals surface area (Å²) in [6, 6.07) is 10.0. The van der Waals surface area contributed by atoms with Crippen LogP contribution in [0, 0.1) is 0 Å². The number of halogens is 4. The number of alkyl halides is 3. The lowest BCUT2D eigenvalue weighted by atomic mass is 10.1. The van der Waals surface area contributed by atoms with Gasteiger partial charge in [0.2, 0.25) is 0 Å². The summed E-state index contributed by atoms with van der Waals surface area (Å²) in [5.74, 6) is -0.675. The predicted molar refractivity (Wildman–Crippen MR) is 81.3 cm³/mol. The highest BCUT2D eigenvalue weighted by Gasteiger charge is 2.31. The van der Waals surface area contributed by atoms with Crippen LogP contribution in [0.1, 0.15) is 16.7 Å². The molecule has 0 aliphatic heterocycles. The lowest BCUT2D eigenvalue weighted by Gasteiger charge is -2.13. The van der Waals surface area contributed by atoms with Crippen molar-refractivity contribution in [2.24, 2.45) is 0 Å². The molecule has 0 aliphatic carbocycles. The van der Waals surface area contributed by atoms with Gasteiger partial charge >= 0.3 is 12.1 Å². The summed E-state index contributed by atoms with van der Waals surface area (Å²) in [7, 11) is 0. The molecule has 0 unspecified atom stereocenters. The van der Waals surface area contributed by atoms with E-state index in [9.17, 15) is 18.0 Å². The Labute approximate surface area is 138 Å². The molecule has 0 fully saturated rings. The van der Waals surface area contributed by atoms with Crippen molar-refractivity contribution in [2.45, 2.75) is 19.2 Å². The van der Waals surface area contributed by atoms with Crippen LogP contribution in [0.5, 0.6) is 5.75 Å². The van der Waals surface area contributed by atoms with Crippen LogP contribution in [0.25, 0.3) is 0 Å². The van der Waals surface area contributed by atoms with Crippen LogP contribution >= 0.6 is 15.9 Å². The summed E-state index contributed by atoms with van der Waals surface area (Å²) in [4.78, 5) is 10.8. The summed E-state index contributed by atoms with van der Waals surface area (Å²) in [5, 5.41) is 8.85. The fourth-order valence-corrected chi connectivity index (χ4v) is 2.55. The van der Waals surface area contributed by atoms with Gasteiger partial charge < -0.3 is 9.84 Å². The van der Waals surface area contributed by atoms with Gasteiger partial charge in [-0.2, -0.15) is 13.2 Å². The van der Waals surface area contributed by atoms with E-state index < -0.39 is 17.7 Å². The number of benzene rings is 2. The number of rotatable bonds is 5. The Kier molecular flexibility index (Phi) is 5.30. The molecule has 1 N–H and O–H groups in total. The second kappa shape index (κ2) is 7.04. The molecule has 0 atom stereocenters. The van der Waals surface area contributed by atoms with Crippen molar-refractivity contribution in [3.8, 4) is 5.75 Å². The summed E-state index contributed by atoms with van der Waals surface area (Å²) in [6.07, 6.45) is -4.66. The summed E-state index contributed by atoms with van der Waals surface area (Å²) >= 11 is 3.05. The third-order valence-electron chi connectivity index (χ3n) is 2.99. The van der Waals surface area contributed by atoms with E-state index in [1.165, 1.54) is 6.07 Å². The summed E-state index contributed by atoms with van der Waals surface area (Å²) in [6.45, 7) is -0.0981. The first-order valence-electron chi connectivity index (χ1n) is 6.55. The molecule has 3 nitrogen and oxygen atoms in total. The van der Waals surface area contributed by atoms with Gasteiger partial charge in [0.25, 0.3) is 0 Å². The zero-order chi connectivity index (χ0) is 17.0. The number of aliphatic carboxylic acids is 1. The molecule has 0 bridgehead atoms. The second-order valence-electron chi connectivity index (χ2n) is 4.81. The van der Waals surface area contributed by atoms with Crippen molar-refractivity contribution in [2.75, 3.05) is 0 Å². The molecule has 0 aliphatic rings. The highest BCUT2D eigenvalue weighted by molar-refractivity contribution is 9.10. The molecule has 0 spiro atoms. The van der Waals surface area contributed by atoms with Crippen molar-refractivity contribution < 1.29 is 27.8 Å². The number of hydrogen-bond acceptors (Lipinski definition) is 2. The smallest absolute Gasteiger partial charge is 0.416 e. The number of carboxylic acid groups (broad SMARTS) is 1. The van der Waals surface area contributed by atoms with Crippen molar-refractivity contribution >= 4 is 21.9 Å². The van der Waals surface area contributed by atoms with Crippen LogP contribution < -0.4 is 4.74 Å². The Morgan fingerprint density at radius 1 is 1.17 bits per heavy atom. The molecule has 7 heteroatoms.